The first-order chi connectivity index (χ1) is 14.6. The lowest BCUT2D eigenvalue weighted by molar-refractivity contribution is -0.118. The van der Waals surface area contributed by atoms with Crippen LogP contribution in [0.15, 0.2) is 49.1 Å². The molecule has 3 aromatic rings. The standard InChI is InChI=1S/C21H22ClN5O3/c1-15-2-5-20(19(10-15)27-13-23-24-14-27)30-12-21(28)25-16-3-4-18(17(22)11-16)26-6-8-29-9-7-26/h2-5,10-11,13-14H,6-9,12H2,1H3,(H,25,28). The van der Waals surface area contributed by atoms with Crippen molar-refractivity contribution < 1.29 is 14.3 Å². The third-order valence-electron chi connectivity index (χ3n) is 4.75. The third kappa shape index (κ3) is 4.72. The molecule has 0 radical (unpaired) electrons. The first-order valence-electron chi connectivity index (χ1n) is 9.61. The van der Waals surface area contributed by atoms with Crippen molar-refractivity contribution in [2.45, 2.75) is 6.92 Å². The summed E-state index contributed by atoms with van der Waals surface area (Å²) in [4.78, 5) is 14.6. The van der Waals surface area contributed by atoms with Crippen molar-refractivity contribution in [2.75, 3.05) is 43.1 Å². The average molecular weight is 428 g/mol. The van der Waals surface area contributed by atoms with Crippen LogP contribution in [0.3, 0.4) is 0 Å². The van der Waals surface area contributed by atoms with Gasteiger partial charge in [0.2, 0.25) is 0 Å². The maximum atomic E-state index is 12.4. The fourth-order valence-electron chi connectivity index (χ4n) is 3.26. The summed E-state index contributed by atoms with van der Waals surface area (Å²) in [7, 11) is 0. The molecule has 30 heavy (non-hydrogen) atoms. The molecule has 4 rings (SSSR count). The maximum Gasteiger partial charge on any atom is 0.262 e. The lowest BCUT2D eigenvalue weighted by Gasteiger charge is -2.29. The number of aromatic nitrogens is 3. The molecule has 2 heterocycles. The minimum absolute atomic E-state index is 0.138. The molecule has 0 atom stereocenters. The minimum Gasteiger partial charge on any atom is -0.482 e. The molecule has 0 bridgehead atoms. The Kier molecular flexibility index (Phi) is 6.15. The molecule has 1 N–H and O–H groups in total. The highest BCUT2D eigenvalue weighted by Crippen LogP contribution is 2.29. The van der Waals surface area contributed by atoms with Crippen molar-refractivity contribution >= 4 is 28.9 Å². The summed E-state index contributed by atoms with van der Waals surface area (Å²) >= 11 is 6.43. The highest BCUT2D eigenvalue weighted by atomic mass is 35.5. The number of hydrogen-bond donors (Lipinski definition) is 1. The molecule has 8 nitrogen and oxygen atoms in total. The predicted molar refractivity (Wildman–Crippen MR) is 115 cm³/mol. The van der Waals surface area contributed by atoms with Crippen molar-refractivity contribution in [3.63, 3.8) is 0 Å². The van der Waals surface area contributed by atoms with E-state index in [1.165, 1.54) is 0 Å². The molecule has 0 saturated carbocycles. The van der Waals surface area contributed by atoms with E-state index >= 15 is 0 Å². The van der Waals surface area contributed by atoms with Crippen LogP contribution in [0.5, 0.6) is 5.75 Å². The van der Waals surface area contributed by atoms with Gasteiger partial charge in [0.1, 0.15) is 18.4 Å². The Balaban J connectivity index is 1.39. The monoisotopic (exact) mass is 427 g/mol. The highest BCUT2D eigenvalue weighted by Gasteiger charge is 2.15. The Morgan fingerprint density at radius 3 is 2.63 bits per heavy atom. The summed E-state index contributed by atoms with van der Waals surface area (Å²) in [6, 6.07) is 11.2. The van der Waals surface area contributed by atoms with Crippen LogP contribution in [0.25, 0.3) is 5.69 Å². The van der Waals surface area contributed by atoms with Crippen LogP contribution >= 0.6 is 11.6 Å². The molecule has 156 valence electrons. The third-order valence-corrected chi connectivity index (χ3v) is 5.06. The molecule has 1 aliphatic rings. The van der Waals surface area contributed by atoms with E-state index in [1.807, 2.05) is 37.3 Å². The molecular weight excluding hydrogens is 406 g/mol. The largest absolute Gasteiger partial charge is 0.482 e. The number of rotatable bonds is 6. The summed E-state index contributed by atoms with van der Waals surface area (Å²) in [5.41, 5.74) is 3.39. The zero-order valence-electron chi connectivity index (χ0n) is 16.5. The van der Waals surface area contributed by atoms with Crippen LogP contribution < -0.4 is 15.0 Å². The Bertz CT molecular complexity index is 1020. The van der Waals surface area contributed by atoms with Gasteiger partial charge in [-0.2, -0.15) is 0 Å². The van der Waals surface area contributed by atoms with Gasteiger partial charge in [0.25, 0.3) is 5.91 Å². The van der Waals surface area contributed by atoms with Gasteiger partial charge in [0.15, 0.2) is 6.61 Å². The minimum atomic E-state index is -0.277. The van der Waals surface area contributed by atoms with Crippen LogP contribution in [-0.2, 0) is 9.53 Å². The van der Waals surface area contributed by atoms with Crippen LogP contribution in [-0.4, -0.2) is 53.6 Å². The Labute approximate surface area is 179 Å². The number of amides is 1. The number of benzene rings is 2. The summed E-state index contributed by atoms with van der Waals surface area (Å²) in [5, 5.41) is 11.1. The Morgan fingerprint density at radius 1 is 1.13 bits per heavy atom. The second-order valence-corrected chi connectivity index (χ2v) is 7.35. The van der Waals surface area contributed by atoms with Crippen molar-refractivity contribution in [1.29, 1.82) is 0 Å². The highest BCUT2D eigenvalue weighted by molar-refractivity contribution is 6.33. The normalized spacial score (nSPS) is 13.9. The molecule has 1 saturated heterocycles. The van der Waals surface area contributed by atoms with Gasteiger partial charge < -0.3 is 19.7 Å². The number of anilines is 2. The van der Waals surface area contributed by atoms with Crippen molar-refractivity contribution in [2.24, 2.45) is 0 Å². The zero-order valence-corrected chi connectivity index (χ0v) is 17.3. The van der Waals surface area contributed by atoms with E-state index < -0.39 is 0 Å². The Morgan fingerprint density at radius 2 is 1.90 bits per heavy atom. The van der Waals surface area contributed by atoms with Gasteiger partial charge >= 0.3 is 0 Å². The number of carbonyl (C=O) groups is 1. The number of ether oxygens (including phenoxy) is 2. The second kappa shape index (κ2) is 9.15. The van der Waals surface area contributed by atoms with Crippen LogP contribution in [0.4, 0.5) is 11.4 Å². The van der Waals surface area contributed by atoms with Gasteiger partial charge in [-0.25, -0.2) is 0 Å². The molecule has 1 aromatic heterocycles. The number of hydrogen-bond acceptors (Lipinski definition) is 6. The first-order valence-corrected chi connectivity index (χ1v) is 9.98. The number of carbonyl (C=O) groups excluding carboxylic acids is 1. The number of nitrogens with zero attached hydrogens (tertiary/aromatic N) is 4. The van der Waals surface area contributed by atoms with Gasteiger partial charge in [-0.1, -0.05) is 17.7 Å². The lowest BCUT2D eigenvalue weighted by atomic mass is 10.2. The number of morpholine rings is 1. The van der Waals surface area contributed by atoms with Crippen LogP contribution in [0.1, 0.15) is 5.56 Å². The first kappa shape index (κ1) is 20.2. The van der Waals surface area contributed by atoms with E-state index in [0.717, 1.165) is 30.0 Å². The number of nitrogens with one attached hydrogen (secondary N) is 1. The number of aryl methyl sites for hydroxylation is 1. The van der Waals surface area contributed by atoms with E-state index in [1.54, 1.807) is 23.3 Å². The summed E-state index contributed by atoms with van der Waals surface area (Å²) < 4.78 is 12.9. The van der Waals surface area contributed by atoms with Crippen LogP contribution in [0.2, 0.25) is 5.02 Å². The van der Waals surface area contributed by atoms with Gasteiger partial charge in [-0.05, 0) is 42.8 Å². The van der Waals surface area contributed by atoms with E-state index in [2.05, 4.69) is 20.4 Å². The van der Waals surface area contributed by atoms with Gasteiger partial charge in [-0.3, -0.25) is 9.36 Å². The summed E-state index contributed by atoms with van der Waals surface area (Å²) in [6.45, 7) is 4.80. The van der Waals surface area contributed by atoms with Gasteiger partial charge in [-0.15, -0.1) is 10.2 Å². The molecule has 0 aliphatic carbocycles. The maximum absolute atomic E-state index is 12.4. The van der Waals surface area contributed by atoms with Crippen molar-refractivity contribution in [3.05, 3.63) is 59.6 Å². The molecule has 1 fully saturated rings. The van der Waals surface area contributed by atoms with E-state index in [4.69, 9.17) is 21.1 Å². The zero-order chi connectivity index (χ0) is 20.9. The molecule has 0 unspecified atom stereocenters. The quantitative estimate of drug-likeness (QED) is 0.651. The lowest BCUT2D eigenvalue weighted by Crippen LogP contribution is -2.36. The van der Waals surface area contributed by atoms with Crippen molar-refractivity contribution in [1.82, 2.24) is 14.8 Å². The van der Waals surface area contributed by atoms with Gasteiger partial charge in [0, 0.05) is 18.8 Å². The second-order valence-electron chi connectivity index (χ2n) is 6.94. The Hall–Kier alpha value is -3.10. The smallest absolute Gasteiger partial charge is 0.262 e. The molecule has 9 heteroatoms. The topological polar surface area (TPSA) is 81.5 Å². The molecule has 2 aromatic carbocycles. The summed E-state index contributed by atoms with van der Waals surface area (Å²) in [6.07, 6.45) is 3.17. The number of halogens is 1. The molecule has 1 aliphatic heterocycles. The summed E-state index contributed by atoms with van der Waals surface area (Å²) in [5.74, 6) is 0.289. The fraction of sp³-hybridized carbons (Fsp3) is 0.286. The van der Waals surface area contributed by atoms with E-state index in [-0.39, 0.29) is 12.5 Å². The SMILES string of the molecule is Cc1ccc(OCC(=O)Nc2ccc(N3CCOCC3)c(Cl)c2)c(-n2cnnc2)c1. The van der Waals surface area contributed by atoms with Crippen molar-refractivity contribution in [3.8, 4) is 11.4 Å². The molecule has 0 spiro atoms. The van der Waals surface area contributed by atoms with Gasteiger partial charge in [0.05, 0.1) is 29.6 Å². The van der Waals surface area contributed by atoms with E-state index in [0.29, 0.717) is 29.7 Å². The predicted octanol–water partition coefficient (Wildman–Crippen LogP) is 3.08. The van der Waals surface area contributed by atoms with E-state index in [9.17, 15) is 4.79 Å². The van der Waals surface area contributed by atoms with Crippen LogP contribution in [0, 0.1) is 6.92 Å². The average Bonchev–Trinajstić information content (AvgIpc) is 3.28. The fourth-order valence-corrected chi connectivity index (χ4v) is 3.56. The molecular formula is C21H22ClN5O3. The molecule has 1 amide bonds.